The van der Waals surface area contributed by atoms with Gasteiger partial charge >= 0.3 is 0 Å². The maximum absolute atomic E-state index is 9.07. The molecule has 0 aliphatic heterocycles. The zero-order valence-corrected chi connectivity index (χ0v) is 12.2. The lowest BCUT2D eigenvalue weighted by molar-refractivity contribution is 0.464. The summed E-state index contributed by atoms with van der Waals surface area (Å²) >= 11 is 0. The zero-order valence-electron chi connectivity index (χ0n) is 12.2. The molecule has 0 radical (unpaired) electrons. The van der Waals surface area contributed by atoms with Crippen LogP contribution >= 0.6 is 0 Å². The van der Waals surface area contributed by atoms with Crippen molar-refractivity contribution in [2.24, 2.45) is 5.92 Å². The van der Waals surface area contributed by atoms with Gasteiger partial charge in [0.25, 0.3) is 0 Å². The highest BCUT2D eigenvalue weighted by Crippen LogP contribution is 2.25. The van der Waals surface area contributed by atoms with Crippen molar-refractivity contribution in [1.82, 2.24) is 5.32 Å². The minimum Gasteiger partial charge on any atom is -0.309 e. The van der Waals surface area contributed by atoms with Crippen LogP contribution in [-0.2, 0) is 12.0 Å². The van der Waals surface area contributed by atoms with Crippen LogP contribution in [-0.4, -0.2) is 6.04 Å². The second-order valence-corrected chi connectivity index (χ2v) is 6.60. The summed E-state index contributed by atoms with van der Waals surface area (Å²) < 4.78 is 0. The molecular weight excluding hydrogens is 232 g/mol. The molecule has 2 rings (SSSR count). The van der Waals surface area contributed by atoms with Crippen LogP contribution in [0.4, 0.5) is 0 Å². The molecular formula is C17H24N2. The van der Waals surface area contributed by atoms with Crippen LogP contribution in [0.2, 0.25) is 0 Å². The van der Waals surface area contributed by atoms with Gasteiger partial charge < -0.3 is 5.32 Å². The lowest BCUT2D eigenvalue weighted by Crippen LogP contribution is -2.31. The molecule has 1 fully saturated rings. The van der Waals surface area contributed by atoms with Crippen LogP contribution in [0.3, 0.4) is 0 Å². The van der Waals surface area contributed by atoms with Crippen LogP contribution < -0.4 is 5.32 Å². The minimum absolute atomic E-state index is 0.203. The summed E-state index contributed by atoms with van der Waals surface area (Å²) in [6, 6.07) is 11.6. The zero-order chi connectivity index (χ0) is 13.9. The number of nitriles is 1. The molecule has 1 aromatic rings. The van der Waals surface area contributed by atoms with E-state index in [4.69, 9.17) is 5.26 Å². The van der Waals surface area contributed by atoms with E-state index in [1.807, 2.05) is 0 Å². The summed E-state index contributed by atoms with van der Waals surface area (Å²) in [6.07, 6.45) is 3.37. The molecule has 1 saturated carbocycles. The molecule has 2 heteroatoms. The fraction of sp³-hybridized carbons (Fsp3) is 0.588. The third-order valence-electron chi connectivity index (χ3n) is 4.07. The molecule has 2 nitrogen and oxygen atoms in total. The molecule has 19 heavy (non-hydrogen) atoms. The minimum atomic E-state index is 0.203. The first-order chi connectivity index (χ1) is 9.00. The summed E-state index contributed by atoms with van der Waals surface area (Å²) in [5.41, 5.74) is 2.88. The van der Waals surface area contributed by atoms with Gasteiger partial charge in [-0.25, -0.2) is 0 Å². The van der Waals surface area contributed by atoms with E-state index in [0.29, 0.717) is 6.04 Å². The van der Waals surface area contributed by atoms with E-state index in [0.717, 1.165) is 19.4 Å². The third-order valence-corrected chi connectivity index (χ3v) is 4.07. The van der Waals surface area contributed by atoms with Gasteiger partial charge in [0.15, 0.2) is 0 Å². The third kappa shape index (κ3) is 3.58. The molecule has 102 valence electrons. The predicted octanol–water partition coefficient (Wildman–Crippen LogP) is 3.77. The molecule has 1 aromatic carbocycles. The molecule has 0 aromatic heterocycles. The molecule has 1 aliphatic carbocycles. The summed E-state index contributed by atoms with van der Waals surface area (Å²) in [7, 11) is 0. The molecule has 2 atom stereocenters. The van der Waals surface area contributed by atoms with Crippen molar-refractivity contribution in [1.29, 1.82) is 5.26 Å². The molecule has 0 heterocycles. The van der Waals surface area contributed by atoms with Crippen LogP contribution in [0.1, 0.15) is 51.2 Å². The lowest BCUT2D eigenvalue weighted by atomic mass is 9.87. The first-order valence-corrected chi connectivity index (χ1v) is 7.23. The fourth-order valence-electron chi connectivity index (χ4n) is 2.73. The largest absolute Gasteiger partial charge is 0.309 e. The Kier molecular flexibility index (Phi) is 4.27. The number of benzene rings is 1. The van der Waals surface area contributed by atoms with Crippen molar-refractivity contribution < 1.29 is 0 Å². The Morgan fingerprint density at radius 2 is 1.89 bits per heavy atom. The second kappa shape index (κ2) is 5.75. The van der Waals surface area contributed by atoms with Crippen molar-refractivity contribution in [2.75, 3.05) is 0 Å². The molecule has 0 bridgehead atoms. The second-order valence-electron chi connectivity index (χ2n) is 6.60. The lowest BCUT2D eigenvalue weighted by Gasteiger charge is -2.20. The van der Waals surface area contributed by atoms with E-state index in [2.05, 4.69) is 56.4 Å². The number of hydrogen-bond acceptors (Lipinski definition) is 2. The van der Waals surface area contributed by atoms with E-state index in [-0.39, 0.29) is 11.3 Å². The monoisotopic (exact) mass is 256 g/mol. The Labute approximate surface area is 116 Å². The topological polar surface area (TPSA) is 35.8 Å². The number of hydrogen-bond donors (Lipinski definition) is 1. The van der Waals surface area contributed by atoms with Crippen molar-refractivity contribution >= 4 is 0 Å². The van der Waals surface area contributed by atoms with Gasteiger partial charge in [-0.3, -0.25) is 0 Å². The van der Waals surface area contributed by atoms with Crippen LogP contribution in [0.15, 0.2) is 24.3 Å². The smallest absolute Gasteiger partial charge is 0.0672 e. The Morgan fingerprint density at radius 3 is 2.47 bits per heavy atom. The van der Waals surface area contributed by atoms with Gasteiger partial charge in [0.05, 0.1) is 12.0 Å². The summed E-state index contributed by atoms with van der Waals surface area (Å²) in [4.78, 5) is 0. The van der Waals surface area contributed by atoms with Crippen molar-refractivity contribution in [3.8, 4) is 6.07 Å². The highest BCUT2D eigenvalue weighted by Gasteiger charge is 2.26. The van der Waals surface area contributed by atoms with E-state index < -0.39 is 0 Å². The highest BCUT2D eigenvalue weighted by atomic mass is 14.9. The van der Waals surface area contributed by atoms with Crippen LogP contribution in [0.25, 0.3) is 0 Å². The van der Waals surface area contributed by atoms with Crippen molar-refractivity contribution in [3.05, 3.63) is 35.4 Å². The Morgan fingerprint density at radius 1 is 1.21 bits per heavy atom. The molecule has 0 spiro atoms. The van der Waals surface area contributed by atoms with E-state index in [1.165, 1.54) is 17.5 Å². The van der Waals surface area contributed by atoms with Crippen LogP contribution in [0, 0.1) is 17.2 Å². The normalized spacial score (nSPS) is 23.3. The predicted molar refractivity (Wildman–Crippen MR) is 78.7 cm³/mol. The molecule has 2 unspecified atom stereocenters. The molecule has 0 amide bonds. The van der Waals surface area contributed by atoms with E-state index in [1.54, 1.807) is 0 Å². The highest BCUT2D eigenvalue weighted by molar-refractivity contribution is 5.27. The first-order valence-electron chi connectivity index (χ1n) is 7.23. The number of nitrogens with one attached hydrogen (secondary N) is 1. The number of nitrogens with zero attached hydrogens (tertiary/aromatic N) is 1. The standard InChI is InChI=1S/C17H24N2/c1-17(2,3)15-9-7-13(8-10-15)12-19-16-6-4-5-14(16)11-18/h7-10,14,16,19H,4-6,12H2,1-3H3. The van der Waals surface area contributed by atoms with Gasteiger partial charge in [-0.15, -0.1) is 0 Å². The molecule has 0 saturated heterocycles. The first kappa shape index (κ1) is 14.1. The van der Waals surface area contributed by atoms with Gasteiger partial charge in [0.1, 0.15) is 0 Å². The average Bonchev–Trinajstić information content (AvgIpc) is 2.83. The van der Waals surface area contributed by atoms with Gasteiger partial charge in [-0.2, -0.15) is 5.26 Å². The Hall–Kier alpha value is -1.33. The van der Waals surface area contributed by atoms with E-state index >= 15 is 0 Å². The molecule has 1 aliphatic rings. The van der Waals surface area contributed by atoms with Crippen LogP contribution in [0.5, 0.6) is 0 Å². The number of rotatable bonds is 3. The summed E-state index contributed by atoms with van der Waals surface area (Å²) in [6.45, 7) is 7.57. The van der Waals surface area contributed by atoms with Crippen molar-refractivity contribution in [3.63, 3.8) is 0 Å². The van der Waals surface area contributed by atoms with Gasteiger partial charge in [0.2, 0.25) is 0 Å². The Bertz CT molecular complexity index is 448. The van der Waals surface area contributed by atoms with Gasteiger partial charge in [-0.1, -0.05) is 51.5 Å². The van der Waals surface area contributed by atoms with E-state index in [9.17, 15) is 0 Å². The maximum Gasteiger partial charge on any atom is 0.0672 e. The summed E-state index contributed by atoms with van der Waals surface area (Å²) in [5, 5.41) is 12.6. The SMILES string of the molecule is CC(C)(C)c1ccc(CNC2CCCC2C#N)cc1. The average molecular weight is 256 g/mol. The van der Waals surface area contributed by atoms with Crippen molar-refractivity contribution in [2.45, 2.75) is 58.0 Å². The Balaban J connectivity index is 1.92. The van der Waals surface area contributed by atoms with Gasteiger partial charge in [-0.05, 0) is 29.4 Å². The summed E-state index contributed by atoms with van der Waals surface area (Å²) in [5.74, 6) is 0.203. The maximum atomic E-state index is 9.07. The van der Waals surface area contributed by atoms with Gasteiger partial charge in [0, 0.05) is 12.6 Å². The quantitative estimate of drug-likeness (QED) is 0.893. The molecule has 1 N–H and O–H groups in total. The fourth-order valence-corrected chi connectivity index (χ4v) is 2.73.